The molecule has 196 valence electrons. The van der Waals surface area contributed by atoms with Crippen molar-refractivity contribution in [2.24, 2.45) is 0 Å². The number of nitrogens with one attached hydrogen (secondary N) is 1. The largest absolute Gasteiger partial charge is 0.507 e. The summed E-state index contributed by atoms with van der Waals surface area (Å²) in [5, 5.41) is 21.1. The van der Waals surface area contributed by atoms with Crippen LogP contribution in [0.3, 0.4) is 0 Å². The molecular formula is C25H41F3N2O4. The molecule has 0 aliphatic heterocycles. The molecule has 9 heteroatoms. The van der Waals surface area contributed by atoms with Crippen LogP contribution in [0.25, 0.3) is 0 Å². The van der Waals surface area contributed by atoms with Crippen molar-refractivity contribution in [3.8, 4) is 5.75 Å². The lowest BCUT2D eigenvalue weighted by Gasteiger charge is -2.32. The van der Waals surface area contributed by atoms with Crippen LogP contribution in [-0.2, 0) is 15.6 Å². The van der Waals surface area contributed by atoms with E-state index in [0.29, 0.717) is 11.3 Å². The lowest BCUT2D eigenvalue weighted by atomic mass is 9.78. The number of likely N-dealkylation sites (N-methyl/N-ethyl adjacent to an activating group) is 1. The highest BCUT2D eigenvalue weighted by molar-refractivity contribution is 5.95. The zero-order valence-corrected chi connectivity index (χ0v) is 22.1. The van der Waals surface area contributed by atoms with Gasteiger partial charge in [-0.05, 0) is 56.8 Å². The molecule has 0 bridgehead atoms. The number of hydrogen-bond donors (Lipinski definition) is 3. The van der Waals surface area contributed by atoms with Crippen LogP contribution in [0.5, 0.6) is 5.75 Å². The predicted octanol–water partition coefficient (Wildman–Crippen LogP) is 5.47. The van der Waals surface area contributed by atoms with Crippen LogP contribution in [0.15, 0.2) is 12.1 Å². The molecule has 1 aromatic carbocycles. The number of carbonyl (C=O) groups excluding carboxylic acids is 1. The fourth-order valence-electron chi connectivity index (χ4n) is 3.46. The topological polar surface area (TPSA) is 89.9 Å². The first-order chi connectivity index (χ1) is 15.0. The Morgan fingerprint density at radius 2 is 1.32 bits per heavy atom. The molecule has 0 fully saturated rings. The van der Waals surface area contributed by atoms with Crippen LogP contribution in [0.2, 0.25) is 0 Å². The summed E-state index contributed by atoms with van der Waals surface area (Å²) < 4.78 is 31.7. The first kappa shape index (κ1) is 31.7. The highest BCUT2D eigenvalue weighted by Crippen LogP contribution is 2.39. The molecule has 0 unspecified atom stereocenters. The van der Waals surface area contributed by atoms with Crippen molar-refractivity contribution in [3.63, 3.8) is 0 Å². The minimum absolute atomic E-state index is 0.0964. The van der Waals surface area contributed by atoms with E-state index in [-0.39, 0.29) is 22.3 Å². The Balaban J connectivity index is 0.00000135. The van der Waals surface area contributed by atoms with Crippen LogP contribution in [-0.4, -0.2) is 58.8 Å². The summed E-state index contributed by atoms with van der Waals surface area (Å²) >= 11 is 0. The molecule has 0 saturated heterocycles. The van der Waals surface area contributed by atoms with Crippen molar-refractivity contribution in [3.05, 3.63) is 28.8 Å². The number of halogens is 3. The van der Waals surface area contributed by atoms with Gasteiger partial charge in [-0.3, -0.25) is 4.79 Å². The Morgan fingerprint density at radius 3 is 1.62 bits per heavy atom. The lowest BCUT2D eigenvalue weighted by Crippen LogP contribution is -2.50. The molecule has 1 rings (SSSR count). The van der Waals surface area contributed by atoms with Gasteiger partial charge >= 0.3 is 12.1 Å². The van der Waals surface area contributed by atoms with E-state index in [1.54, 1.807) is 0 Å². The summed E-state index contributed by atoms with van der Waals surface area (Å²) in [7, 11) is 2.08. The van der Waals surface area contributed by atoms with E-state index < -0.39 is 12.1 Å². The van der Waals surface area contributed by atoms with Crippen molar-refractivity contribution in [2.75, 3.05) is 20.1 Å². The summed E-state index contributed by atoms with van der Waals surface area (Å²) in [4.78, 5) is 24.2. The molecule has 0 radical (unpaired) electrons. The third-order valence-electron chi connectivity index (χ3n) is 4.95. The second-order valence-electron chi connectivity index (χ2n) is 11.3. The van der Waals surface area contributed by atoms with E-state index >= 15 is 0 Å². The summed E-state index contributed by atoms with van der Waals surface area (Å²) in [5.74, 6) is -2.55. The van der Waals surface area contributed by atoms with Crippen LogP contribution in [0.4, 0.5) is 13.2 Å². The Kier molecular flexibility index (Phi) is 10.7. The summed E-state index contributed by atoms with van der Waals surface area (Å²) in [6.45, 7) is 20.4. The Bertz CT molecular complexity index is 816. The minimum Gasteiger partial charge on any atom is -0.507 e. The Morgan fingerprint density at radius 1 is 0.941 bits per heavy atom. The number of amides is 1. The molecule has 0 spiro atoms. The van der Waals surface area contributed by atoms with Crippen molar-refractivity contribution in [2.45, 2.75) is 91.3 Å². The number of phenolic OH excluding ortho intramolecular Hbond substituents is 1. The van der Waals surface area contributed by atoms with Gasteiger partial charge in [-0.2, -0.15) is 13.2 Å². The number of carboxylic acid groups (broad SMARTS) is 1. The maximum atomic E-state index is 13.1. The van der Waals surface area contributed by atoms with Gasteiger partial charge in [0.15, 0.2) is 0 Å². The monoisotopic (exact) mass is 490 g/mol. The summed E-state index contributed by atoms with van der Waals surface area (Å²) in [6, 6.07) is 3.68. The number of aliphatic carboxylic acids is 1. The third kappa shape index (κ3) is 10.3. The summed E-state index contributed by atoms with van der Waals surface area (Å²) in [6.07, 6.45) is -4.00. The highest BCUT2D eigenvalue weighted by Gasteiger charge is 2.38. The average Bonchev–Trinajstić information content (AvgIpc) is 2.58. The van der Waals surface area contributed by atoms with Crippen molar-refractivity contribution >= 4 is 11.9 Å². The van der Waals surface area contributed by atoms with Gasteiger partial charge in [0.05, 0.1) is 0 Å². The van der Waals surface area contributed by atoms with Gasteiger partial charge in [-0.25, -0.2) is 4.79 Å². The van der Waals surface area contributed by atoms with E-state index in [2.05, 4.69) is 65.7 Å². The van der Waals surface area contributed by atoms with Crippen LogP contribution in [0.1, 0.15) is 90.2 Å². The van der Waals surface area contributed by atoms with E-state index in [0.717, 1.165) is 30.6 Å². The van der Waals surface area contributed by atoms with Gasteiger partial charge in [-0.15, -0.1) is 0 Å². The number of benzene rings is 1. The minimum atomic E-state index is -5.08. The molecule has 1 amide bonds. The van der Waals surface area contributed by atoms with Crippen molar-refractivity contribution in [1.82, 2.24) is 10.2 Å². The summed E-state index contributed by atoms with van der Waals surface area (Å²) in [5.41, 5.74) is 1.37. The molecule has 0 atom stereocenters. The van der Waals surface area contributed by atoms with E-state index in [1.807, 2.05) is 26.0 Å². The number of phenols is 1. The molecule has 0 aliphatic rings. The van der Waals surface area contributed by atoms with Crippen molar-refractivity contribution < 1.29 is 33.0 Å². The van der Waals surface area contributed by atoms with Crippen LogP contribution in [0, 0.1) is 0 Å². The lowest BCUT2D eigenvalue weighted by molar-refractivity contribution is -0.192. The van der Waals surface area contributed by atoms with E-state index in [1.165, 1.54) is 0 Å². The first-order valence-electron chi connectivity index (χ1n) is 11.2. The van der Waals surface area contributed by atoms with Crippen LogP contribution >= 0.6 is 0 Å². The standard InChI is InChI=1S/C23H40N2O2.C2HF3O2/c1-11-12-25(10)15-23(8,9)24-20(27)16-13-17(21(2,3)4)19(26)18(14-16)22(5,6)7;3-2(4,5)1(6)7/h13-14,26H,11-12,15H2,1-10H3,(H,24,27);(H,6,7). The van der Waals surface area contributed by atoms with Gasteiger partial charge in [0.1, 0.15) is 5.75 Å². The fourth-order valence-corrected chi connectivity index (χ4v) is 3.46. The van der Waals surface area contributed by atoms with Gasteiger partial charge in [0.2, 0.25) is 0 Å². The SMILES string of the molecule is CCCN(C)CC(C)(C)NC(=O)c1cc(C(C)(C)C)c(O)c(C(C)(C)C)c1.O=C(O)C(F)(F)F. The van der Waals surface area contributed by atoms with Crippen molar-refractivity contribution in [1.29, 1.82) is 0 Å². The smallest absolute Gasteiger partial charge is 0.490 e. The fraction of sp³-hybridized carbons (Fsp3) is 0.680. The molecule has 6 nitrogen and oxygen atoms in total. The zero-order valence-electron chi connectivity index (χ0n) is 22.1. The molecule has 0 saturated carbocycles. The highest BCUT2D eigenvalue weighted by atomic mass is 19.4. The van der Waals surface area contributed by atoms with Crippen LogP contribution < -0.4 is 5.32 Å². The number of nitrogens with zero attached hydrogens (tertiary/aromatic N) is 1. The number of carboxylic acids is 1. The van der Waals surface area contributed by atoms with Gasteiger partial charge < -0.3 is 20.4 Å². The number of alkyl halides is 3. The molecule has 0 aromatic heterocycles. The molecule has 0 heterocycles. The molecule has 1 aromatic rings. The zero-order chi connectivity index (χ0) is 27.3. The number of carbonyl (C=O) groups is 2. The Labute approximate surface area is 201 Å². The second-order valence-corrected chi connectivity index (χ2v) is 11.3. The van der Waals surface area contributed by atoms with Gasteiger partial charge in [-0.1, -0.05) is 48.5 Å². The maximum Gasteiger partial charge on any atom is 0.490 e. The quantitative estimate of drug-likeness (QED) is 0.492. The average molecular weight is 491 g/mol. The van der Waals surface area contributed by atoms with E-state index in [9.17, 15) is 23.1 Å². The second kappa shape index (κ2) is 11.4. The number of rotatable bonds is 6. The maximum absolute atomic E-state index is 13.1. The van der Waals surface area contributed by atoms with Gasteiger partial charge in [0.25, 0.3) is 5.91 Å². The third-order valence-corrected chi connectivity index (χ3v) is 4.95. The van der Waals surface area contributed by atoms with E-state index in [4.69, 9.17) is 9.90 Å². The molecule has 3 N–H and O–H groups in total. The predicted molar refractivity (Wildman–Crippen MR) is 129 cm³/mol. The first-order valence-corrected chi connectivity index (χ1v) is 11.2. The molecular weight excluding hydrogens is 449 g/mol. The molecule has 34 heavy (non-hydrogen) atoms. The number of aromatic hydroxyl groups is 1. The normalized spacial score (nSPS) is 12.8. The number of hydrogen-bond acceptors (Lipinski definition) is 4. The van der Waals surface area contributed by atoms with Gasteiger partial charge in [0, 0.05) is 28.8 Å². The Hall–Kier alpha value is -2.29. The molecule has 0 aliphatic carbocycles.